The molecule has 4 saturated carbocycles. The van der Waals surface area contributed by atoms with Gasteiger partial charge in [0.2, 0.25) is 0 Å². The molecule has 20 heavy (non-hydrogen) atoms. The minimum atomic E-state index is 0.610. The standard InChI is InChI=1S/C16H22N4/c1-17-11-7-12(20-16(19-11)8-2-3-8)18-15-13-9-4-5-10(6-9)14(13)15/h7-10,13-15H,2-6H2,1H3,(H2,17,18,19,20). The predicted molar refractivity (Wildman–Crippen MR) is 78.8 cm³/mol. The Morgan fingerprint density at radius 3 is 2.35 bits per heavy atom. The molecule has 0 aliphatic heterocycles. The van der Waals surface area contributed by atoms with Gasteiger partial charge in [-0.2, -0.15) is 0 Å². The lowest BCUT2D eigenvalue weighted by atomic mass is 10.0. The quantitative estimate of drug-likeness (QED) is 0.883. The van der Waals surface area contributed by atoms with E-state index in [1.165, 1.54) is 32.1 Å². The van der Waals surface area contributed by atoms with Crippen LogP contribution in [0, 0.1) is 23.7 Å². The van der Waals surface area contributed by atoms with Gasteiger partial charge in [0, 0.05) is 25.1 Å². The summed E-state index contributed by atoms with van der Waals surface area (Å²) in [6.45, 7) is 0. The van der Waals surface area contributed by atoms with E-state index in [1.54, 1.807) is 0 Å². The SMILES string of the molecule is CNc1cc(NC2C3C4CCC(C4)C23)nc(C2CC2)n1. The van der Waals surface area contributed by atoms with E-state index in [0.29, 0.717) is 12.0 Å². The zero-order valence-electron chi connectivity index (χ0n) is 12.0. The maximum absolute atomic E-state index is 4.76. The van der Waals surface area contributed by atoms with Crippen molar-refractivity contribution in [2.24, 2.45) is 23.7 Å². The van der Waals surface area contributed by atoms with Gasteiger partial charge in [-0.15, -0.1) is 0 Å². The third-order valence-electron chi connectivity index (χ3n) is 5.99. The number of fused-ring (bicyclic) bond motifs is 5. The van der Waals surface area contributed by atoms with Gasteiger partial charge in [0.25, 0.3) is 0 Å². The number of rotatable bonds is 4. The molecule has 5 rings (SSSR count). The van der Waals surface area contributed by atoms with Gasteiger partial charge in [-0.1, -0.05) is 0 Å². The first kappa shape index (κ1) is 11.4. The van der Waals surface area contributed by atoms with E-state index in [0.717, 1.165) is 41.1 Å². The van der Waals surface area contributed by atoms with Gasteiger partial charge in [-0.3, -0.25) is 0 Å². The lowest BCUT2D eigenvalue weighted by molar-refractivity contribution is 0.456. The molecule has 4 heteroatoms. The van der Waals surface area contributed by atoms with E-state index < -0.39 is 0 Å². The summed E-state index contributed by atoms with van der Waals surface area (Å²) in [6, 6.07) is 2.77. The second-order valence-electron chi connectivity index (χ2n) is 7.18. The second kappa shape index (κ2) is 3.86. The molecular weight excluding hydrogens is 248 g/mol. The molecule has 4 unspecified atom stereocenters. The Hall–Kier alpha value is -1.32. The number of nitrogens with one attached hydrogen (secondary N) is 2. The molecule has 4 atom stereocenters. The van der Waals surface area contributed by atoms with Crippen molar-refractivity contribution in [2.75, 3.05) is 17.7 Å². The van der Waals surface area contributed by atoms with Crippen LogP contribution in [0.1, 0.15) is 43.8 Å². The Labute approximate surface area is 119 Å². The van der Waals surface area contributed by atoms with Crippen LogP contribution in [0.2, 0.25) is 0 Å². The van der Waals surface area contributed by atoms with Crippen molar-refractivity contribution in [3.63, 3.8) is 0 Å². The van der Waals surface area contributed by atoms with E-state index in [4.69, 9.17) is 4.98 Å². The minimum absolute atomic E-state index is 0.610. The Morgan fingerprint density at radius 2 is 1.70 bits per heavy atom. The van der Waals surface area contributed by atoms with Gasteiger partial charge in [-0.25, -0.2) is 9.97 Å². The highest BCUT2D eigenvalue weighted by atomic mass is 15.1. The second-order valence-corrected chi connectivity index (χ2v) is 7.18. The summed E-state index contributed by atoms with van der Waals surface area (Å²) in [6.07, 6.45) is 6.97. The van der Waals surface area contributed by atoms with E-state index in [2.05, 4.69) is 21.7 Å². The number of hydrogen-bond donors (Lipinski definition) is 2. The molecule has 4 fully saturated rings. The molecule has 4 aliphatic rings. The van der Waals surface area contributed by atoms with Crippen LogP contribution in [-0.4, -0.2) is 23.1 Å². The lowest BCUT2D eigenvalue weighted by Crippen LogP contribution is -2.14. The topological polar surface area (TPSA) is 49.8 Å². The first-order chi connectivity index (χ1) is 9.83. The molecule has 0 amide bonds. The molecule has 2 N–H and O–H groups in total. The first-order valence-corrected chi connectivity index (χ1v) is 8.17. The van der Waals surface area contributed by atoms with Crippen LogP contribution in [0.25, 0.3) is 0 Å². The van der Waals surface area contributed by atoms with Crippen molar-refractivity contribution >= 4 is 11.6 Å². The fourth-order valence-electron chi connectivity index (χ4n) is 4.88. The highest BCUT2D eigenvalue weighted by Gasteiger charge is 2.65. The van der Waals surface area contributed by atoms with Gasteiger partial charge in [0.1, 0.15) is 17.5 Å². The van der Waals surface area contributed by atoms with Crippen LogP contribution in [-0.2, 0) is 0 Å². The molecule has 4 aliphatic carbocycles. The zero-order valence-corrected chi connectivity index (χ0v) is 12.0. The maximum atomic E-state index is 4.76. The molecule has 0 radical (unpaired) electrons. The van der Waals surface area contributed by atoms with E-state index >= 15 is 0 Å². The molecule has 0 spiro atoms. The van der Waals surface area contributed by atoms with Crippen molar-refractivity contribution < 1.29 is 0 Å². The lowest BCUT2D eigenvalue weighted by Gasteiger charge is -2.13. The fourth-order valence-corrected chi connectivity index (χ4v) is 4.88. The highest BCUT2D eigenvalue weighted by Crippen LogP contribution is 2.66. The van der Waals surface area contributed by atoms with Crippen LogP contribution >= 0.6 is 0 Å². The number of anilines is 2. The Kier molecular flexibility index (Phi) is 2.19. The molecule has 0 aromatic carbocycles. The van der Waals surface area contributed by atoms with E-state index in [9.17, 15) is 0 Å². The first-order valence-electron chi connectivity index (χ1n) is 8.17. The summed E-state index contributed by atoms with van der Waals surface area (Å²) in [5, 5.41) is 6.90. The summed E-state index contributed by atoms with van der Waals surface area (Å²) in [5.74, 6) is 7.57. The van der Waals surface area contributed by atoms with E-state index in [-0.39, 0.29) is 0 Å². The van der Waals surface area contributed by atoms with Crippen LogP contribution in [0.4, 0.5) is 11.6 Å². The summed E-state index contributed by atoms with van der Waals surface area (Å²) in [4.78, 5) is 9.35. The normalized spacial score (nSPS) is 40.5. The summed E-state index contributed by atoms with van der Waals surface area (Å²) >= 11 is 0. The Bertz CT molecular complexity index is 537. The highest BCUT2D eigenvalue weighted by molar-refractivity contribution is 5.50. The molecule has 0 saturated heterocycles. The van der Waals surface area contributed by atoms with Crippen molar-refractivity contribution in [3.05, 3.63) is 11.9 Å². The molecule has 4 nitrogen and oxygen atoms in total. The minimum Gasteiger partial charge on any atom is -0.373 e. The van der Waals surface area contributed by atoms with Crippen molar-refractivity contribution in [2.45, 2.75) is 44.1 Å². The van der Waals surface area contributed by atoms with Crippen LogP contribution in [0.3, 0.4) is 0 Å². The largest absolute Gasteiger partial charge is 0.373 e. The summed E-state index contributed by atoms with van der Waals surface area (Å²) < 4.78 is 0. The smallest absolute Gasteiger partial charge is 0.136 e. The van der Waals surface area contributed by atoms with Crippen molar-refractivity contribution in [3.8, 4) is 0 Å². The van der Waals surface area contributed by atoms with Gasteiger partial charge in [0.15, 0.2) is 0 Å². The zero-order chi connectivity index (χ0) is 13.3. The average Bonchev–Trinajstić information content (AvgIpc) is 3.37. The van der Waals surface area contributed by atoms with Gasteiger partial charge >= 0.3 is 0 Å². The molecule has 106 valence electrons. The predicted octanol–water partition coefficient (Wildman–Crippen LogP) is 2.85. The number of hydrogen-bond acceptors (Lipinski definition) is 4. The molecule has 1 aromatic rings. The monoisotopic (exact) mass is 270 g/mol. The molecule has 1 aromatic heterocycles. The Morgan fingerprint density at radius 1 is 1.00 bits per heavy atom. The van der Waals surface area contributed by atoms with Crippen LogP contribution < -0.4 is 10.6 Å². The van der Waals surface area contributed by atoms with Crippen molar-refractivity contribution in [1.29, 1.82) is 0 Å². The summed E-state index contributed by atoms with van der Waals surface area (Å²) in [5.41, 5.74) is 0. The molecule has 1 heterocycles. The maximum Gasteiger partial charge on any atom is 0.136 e. The molecular formula is C16H22N4. The van der Waals surface area contributed by atoms with Crippen LogP contribution in [0.5, 0.6) is 0 Å². The van der Waals surface area contributed by atoms with Crippen LogP contribution in [0.15, 0.2) is 6.07 Å². The Balaban J connectivity index is 1.38. The fraction of sp³-hybridized carbons (Fsp3) is 0.750. The summed E-state index contributed by atoms with van der Waals surface area (Å²) in [7, 11) is 1.94. The third kappa shape index (κ3) is 1.60. The van der Waals surface area contributed by atoms with Gasteiger partial charge < -0.3 is 10.6 Å². The third-order valence-corrected chi connectivity index (χ3v) is 5.99. The average molecular weight is 270 g/mol. The molecule has 2 bridgehead atoms. The van der Waals surface area contributed by atoms with Gasteiger partial charge in [0.05, 0.1) is 0 Å². The van der Waals surface area contributed by atoms with Crippen molar-refractivity contribution in [1.82, 2.24) is 9.97 Å². The van der Waals surface area contributed by atoms with E-state index in [1.807, 2.05) is 7.05 Å². The number of aromatic nitrogens is 2. The number of nitrogens with zero attached hydrogens (tertiary/aromatic N) is 2. The van der Waals surface area contributed by atoms with Gasteiger partial charge in [-0.05, 0) is 55.8 Å².